The summed E-state index contributed by atoms with van der Waals surface area (Å²) < 4.78 is 20.1. The van der Waals surface area contributed by atoms with Crippen LogP contribution in [-0.4, -0.2) is 33.3 Å². The van der Waals surface area contributed by atoms with Crippen molar-refractivity contribution in [2.75, 3.05) is 19.6 Å². The van der Waals surface area contributed by atoms with E-state index in [9.17, 15) is 9.47 Å². The molecule has 4 nitrogen and oxygen atoms in total. The molecule has 0 aliphatic carbocycles. The fourth-order valence-corrected chi connectivity index (χ4v) is 3.42. The van der Waals surface area contributed by atoms with Crippen LogP contribution in [0.25, 0.3) is 0 Å². The summed E-state index contributed by atoms with van der Waals surface area (Å²) in [6.07, 6.45) is 2.10. The number of piperidine rings is 1. The minimum atomic E-state index is -1.91. The fourth-order valence-electron chi connectivity index (χ4n) is 2.91. The summed E-state index contributed by atoms with van der Waals surface area (Å²) in [5.41, 5.74) is 2.33. The van der Waals surface area contributed by atoms with E-state index in [0.717, 1.165) is 38.0 Å². The summed E-state index contributed by atoms with van der Waals surface area (Å²) in [5.74, 6) is 0.421. The third kappa shape index (κ3) is 3.45. The molecule has 1 fully saturated rings. The van der Waals surface area contributed by atoms with Crippen molar-refractivity contribution in [1.82, 2.24) is 4.90 Å². The van der Waals surface area contributed by atoms with E-state index in [0.29, 0.717) is 17.0 Å². The van der Waals surface area contributed by atoms with E-state index in [4.69, 9.17) is 4.55 Å². The zero-order valence-electron chi connectivity index (χ0n) is 11.7. The first-order valence-electron chi connectivity index (χ1n) is 6.97. The topological polar surface area (TPSA) is 64.3 Å². The third-order valence-corrected chi connectivity index (χ3v) is 4.61. The van der Waals surface area contributed by atoms with E-state index >= 15 is 0 Å². The van der Waals surface area contributed by atoms with Crippen molar-refractivity contribution in [3.05, 3.63) is 34.9 Å². The predicted octanol–water partition coefficient (Wildman–Crippen LogP) is 2.48. The van der Waals surface area contributed by atoms with Crippen LogP contribution in [0.1, 0.15) is 42.4 Å². The summed E-state index contributed by atoms with van der Waals surface area (Å²) >= 11 is -1.91. The highest BCUT2D eigenvalue weighted by Crippen LogP contribution is 2.31. The predicted molar refractivity (Wildman–Crippen MR) is 79.7 cm³/mol. The SMILES string of the molecule is CCN1CCC(c2cccc(CS(=O)O)c2C#N)CC1. The minimum absolute atomic E-state index is 0.0323. The van der Waals surface area contributed by atoms with Gasteiger partial charge < -0.3 is 9.45 Å². The molecule has 0 bridgehead atoms. The first-order chi connectivity index (χ1) is 9.65. The molecule has 1 heterocycles. The lowest BCUT2D eigenvalue weighted by Gasteiger charge is -2.31. The lowest BCUT2D eigenvalue weighted by molar-refractivity contribution is 0.222. The van der Waals surface area contributed by atoms with Crippen LogP contribution in [-0.2, 0) is 16.8 Å². The Balaban J connectivity index is 2.24. The molecule has 5 heteroatoms. The average Bonchev–Trinajstić information content (AvgIpc) is 2.46. The minimum Gasteiger partial charge on any atom is -0.306 e. The van der Waals surface area contributed by atoms with Crippen LogP contribution < -0.4 is 0 Å². The highest BCUT2D eigenvalue weighted by molar-refractivity contribution is 7.78. The van der Waals surface area contributed by atoms with Gasteiger partial charge in [0.15, 0.2) is 11.1 Å². The number of rotatable bonds is 4. The quantitative estimate of drug-likeness (QED) is 0.866. The standard InChI is InChI=1S/C15H20N2O2S/c1-2-17-8-6-12(7-9-17)14-5-3-4-13(11-20(18)19)15(14)10-16/h3-5,12H,2,6-9,11H2,1H3,(H,18,19). The van der Waals surface area contributed by atoms with Gasteiger partial charge in [0.2, 0.25) is 0 Å². The van der Waals surface area contributed by atoms with Gasteiger partial charge in [-0.1, -0.05) is 25.1 Å². The van der Waals surface area contributed by atoms with Crippen LogP contribution in [0.2, 0.25) is 0 Å². The van der Waals surface area contributed by atoms with Crippen LogP contribution in [0.4, 0.5) is 0 Å². The number of nitriles is 1. The van der Waals surface area contributed by atoms with E-state index < -0.39 is 11.1 Å². The molecular formula is C15H20N2O2S. The van der Waals surface area contributed by atoms with Gasteiger partial charge in [0.25, 0.3) is 0 Å². The summed E-state index contributed by atoms with van der Waals surface area (Å²) in [6, 6.07) is 7.90. The Bertz CT molecular complexity index is 531. The Morgan fingerprint density at radius 2 is 2.15 bits per heavy atom. The molecule has 1 aromatic rings. The van der Waals surface area contributed by atoms with Gasteiger partial charge in [0.05, 0.1) is 17.4 Å². The van der Waals surface area contributed by atoms with Crippen molar-refractivity contribution in [2.45, 2.75) is 31.4 Å². The summed E-state index contributed by atoms with van der Waals surface area (Å²) in [6.45, 7) is 5.35. The van der Waals surface area contributed by atoms with Crippen molar-refractivity contribution in [1.29, 1.82) is 5.26 Å². The first-order valence-corrected chi connectivity index (χ1v) is 8.25. The lowest BCUT2D eigenvalue weighted by atomic mass is 9.85. The second-order valence-corrected chi connectivity index (χ2v) is 6.10. The molecule has 0 spiro atoms. The largest absolute Gasteiger partial charge is 0.306 e. The maximum atomic E-state index is 11.0. The van der Waals surface area contributed by atoms with Gasteiger partial charge in [-0.2, -0.15) is 5.26 Å². The van der Waals surface area contributed by atoms with Crippen LogP contribution in [0, 0.1) is 11.3 Å². The Morgan fingerprint density at radius 3 is 2.70 bits per heavy atom. The van der Waals surface area contributed by atoms with E-state index in [2.05, 4.69) is 17.9 Å². The summed E-state index contributed by atoms with van der Waals surface area (Å²) in [7, 11) is 0. The molecule has 1 aliphatic heterocycles. The smallest absolute Gasteiger partial charge is 0.157 e. The highest BCUT2D eigenvalue weighted by Gasteiger charge is 2.23. The molecule has 0 amide bonds. The molecule has 1 aliphatic rings. The lowest BCUT2D eigenvalue weighted by Crippen LogP contribution is -2.32. The molecule has 108 valence electrons. The summed E-state index contributed by atoms with van der Waals surface area (Å²) in [4.78, 5) is 2.41. The molecule has 2 rings (SSSR count). The zero-order chi connectivity index (χ0) is 14.5. The van der Waals surface area contributed by atoms with Crippen molar-refractivity contribution < 1.29 is 8.76 Å². The molecule has 0 saturated carbocycles. The van der Waals surface area contributed by atoms with Gasteiger partial charge >= 0.3 is 0 Å². The molecule has 1 N–H and O–H groups in total. The van der Waals surface area contributed by atoms with Gasteiger partial charge in [0, 0.05) is 0 Å². The van der Waals surface area contributed by atoms with Crippen molar-refractivity contribution in [3.8, 4) is 6.07 Å². The van der Waals surface area contributed by atoms with Gasteiger partial charge in [-0.05, 0) is 49.5 Å². The second-order valence-electron chi connectivity index (χ2n) is 5.17. The number of hydrogen-bond donors (Lipinski definition) is 1. The maximum Gasteiger partial charge on any atom is 0.157 e. The molecule has 20 heavy (non-hydrogen) atoms. The number of benzene rings is 1. The van der Waals surface area contributed by atoms with Gasteiger partial charge in [-0.3, -0.25) is 0 Å². The Labute approximate surface area is 122 Å². The van der Waals surface area contributed by atoms with Gasteiger partial charge in [0.1, 0.15) is 0 Å². The van der Waals surface area contributed by atoms with Crippen molar-refractivity contribution in [2.24, 2.45) is 0 Å². The van der Waals surface area contributed by atoms with Crippen molar-refractivity contribution >= 4 is 11.1 Å². The van der Waals surface area contributed by atoms with Crippen LogP contribution in [0.3, 0.4) is 0 Å². The molecule has 1 aromatic carbocycles. The van der Waals surface area contributed by atoms with Crippen LogP contribution in [0.15, 0.2) is 18.2 Å². The molecule has 1 unspecified atom stereocenters. The highest BCUT2D eigenvalue weighted by atomic mass is 32.2. The number of hydrogen-bond acceptors (Lipinski definition) is 3. The Morgan fingerprint density at radius 1 is 1.45 bits per heavy atom. The molecule has 1 atom stereocenters. The first kappa shape index (κ1) is 15.2. The Hall–Kier alpha value is -1.22. The molecule has 0 radical (unpaired) electrons. The average molecular weight is 292 g/mol. The van der Waals surface area contributed by atoms with Gasteiger partial charge in [-0.25, -0.2) is 4.21 Å². The van der Waals surface area contributed by atoms with Crippen LogP contribution in [0.5, 0.6) is 0 Å². The monoisotopic (exact) mass is 292 g/mol. The van der Waals surface area contributed by atoms with E-state index in [1.807, 2.05) is 12.1 Å². The van der Waals surface area contributed by atoms with E-state index in [1.54, 1.807) is 6.07 Å². The molecular weight excluding hydrogens is 272 g/mol. The third-order valence-electron chi connectivity index (χ3n) is 4.05. The summed E-state index contributed by atoms with van der Waals surface area (Å²) in [5, 5.41) is 9.40. The Kier molecular flexibility index (Phi) is 5.30. The number of nitrogens with zero attached hydrogens (tertiary/aromatic N) is 2. The molecule has 0 aromatic heterocycles. The van der Waals surface area contributed by atoms with Crippen LogP contribution >= 0.6 is 0 Å². The van der Waals surface area contributed by atoms with E-state index in [1.165, 1.54) is 0 Å². The molecule has 1 saturated heterocycles. The fraction of sp³-hybridized carbons (Fsp3) is 0.533. The van der Waals surface area contributed by atoms with E-state index in [-0.39, 0.29) is 5.75 Å². The zero-order valence-corrected chi connectivity index (χ0v) is 12.5. The van der Waals surface area contributed by atoms with Crippen molar-refractivity contribution in [3.63, 3.8) is 0 Å². The van der Waals surface area contributed by atoms with Gasteiger partial charge in [-0.15, -0.1) is 0 Å². The number of likely N-dealkylation sites (tertiary alicyclic amines) is 1. The normalized spacial score (nSPS) is 18.6. The maximum absolute atomic E-state index is 11.0. The second kappa shape index (κ2) is 6.98.